The van der Waals surface area contributed by atoms with Crippen LogP contribution in [0.2, 0.25) is 0 Å². The number of nitro benzene ring substituents is 1. The zero-order valence-electron chi connectivity index (χ0n) is 18.6. The number of hydrogen-bond donors (Lipinski definition) is 5. The van der Waals surface area contributed by atoms with Crippen molar-refractivity contribution < 1.29 is 54.0 Å². The van der Waals surface area contributed by atoms with Crippen LogP contribution in [0.5, 0.6) is 0 Å². The summed E-state index contributed by atoms with van der Waals surface area (Å²) in [6.07, 6.45) is -0.603. The first kappa shape index (κ1) is 29.4. The molecule has 0 aromatic heterocycles. The Morgan fingerprint density at radius 1 is 0.943 bits per heavy atom. The van der Waals surface area contributed by atoms with Crippen LogP contribution in [0.4, 0.5) is 5.69 Å². The number of carbonyl (C=O) groups is 4. The van der Waals surface area contributed by atoms with Crippen LogP contribution >= 0.6 is 0 Å². The van der Waals surface area contributed by atoms with E-state index in [4.69, 9.17) is 19.7 Å². The molecule has 0 aliphatic heterocycles. The highest BCUT2D eigenvalue weighted by Gasteiger charge is 2.30. The number of rotatable bonds is 19. The van der Waals surface area contributed by atoms with E-state index in [-0.39, 0.29) is 44.2 Å². The number of ether oxygens (including phenoxy) is 2. The fourth-order valence-corrected chi connectivity index (χ4v) is 3.09. The molecule has 0 radical (unpaired) electrons. The molecule has 194 valence electrons. The van der Waals surface area contributed by atoms with Gasteiger partial charge in [0.1, 0.15) is 6.04 Å². The van der Waals surface area contributed by atoms with E-state index in [0.717, 1.165) is 4.90 Å². The summed E-state index contributed by atoms with van der Waals surface area (Å²) in [4.78, 5) is 56.0. The quantitative estimate of drug-likeness (QED) is 0.0928. The van der Waals surface area contributed by atoms with Gasteiger partial charge in [0, 0.05) is 18.2 Å². The van der Waals surface area contributed by atoms with Gasteiger partial charge in [-0.25, -0.2) is 0 Å². The highest BCUT2D eigenvalue weighted by molar-refractivity contribution is 5.80. The number of carboxylic acids is 4. The van der Waals surface area contributed by atoms with Crippen LogP contribution in [-0.2, 0) is 28.7 Å². The van der Waals surface area contributed by atoms with Gasteiger partial charge in [0.2, 0.25) is 0 Å². The molecule has 0 bridgehead atoms. The van der Waals surface area contributed by atoms with Gasteiger partial charge in [-0.1, -0.05) is 18.2 Å². The topological polar surface area (TPSA) is 226 Å². The van der Waals surface area contributed by atoms with Gasteiger partial charge in [0.05, 0.1) is 56.9 Å². The Hall–Kier alpha value is -3.66. The number of nitrogens with one attached hydrogen (secondary N) is 1. The van der Waals surface area contributed by atoms with Crippen LogP contribution in [0.1, 0.15) is 18.0 Å². The molecular formula is C20H27N3O12. The predicted octanol–water partition coefficient (Wildman–Crippen LogP) is -0.342. The molecule has 15 heteroatoms. The monoisotopic (exact) mass is 501 g/mol. The maximum absolute atomic E-state index is 11.4. The molecule has 2 atom stereocenters. The normalized spacial score (nSPS) is 12.7. The lowest BCUT2D eigenvalue weighted by molar-refractivity contribution is -0.386. The van der Waals surface area contributed by atoms with Crippen molar-refractivity contribution in [1.29, 1.82) is 0 Å². The Balaban J connectivity index is 2.71. The van der Waals surface area contributed by atoms with Crippen molar-refractivity contribution in [1.82, 2.24) is 10.2 Å². The predicted molar refractivity (Wildman–Crippen MR) is 116 cm³/mol. The molecule has 0 saturated carbocycles. The molecule has 0 fully saturated rings. The van der Waals surface area contributed by atoms with Gasteiger partial charge in [-0.15, -0.1) is 0 Å². The van der Waals surface area contributed by atoms with Crippen molar-refractivity contribution in [2.24, 2.45) is 0 Å². The molecule has 1 aromatic rings. The summed E-state index contributed by atoms with van der Waals surface area (Å²) in [5.74, 6) is -5.24. The fraction of sp³-hybridized carbons (Fsp3) is 0.500. The first-order chi connectivity index (χ1) is 16.5. The SMILES string of the molecule is O=C(O)CC(NCCOCCOCC(c1ccccc1[N+](=O)[O-])N(CC(=O)O)CC(=O)O)C(=O)O. The number of hydrogen-bond acceptors (Lipinski definition) is 10. The molecule has 1 rings (SSSR count). The van der Waals surface area contributed by atoms with Crippen LogP contribution in [0.3, 0.4) is 0 Å². The summed E-state index contributed by atoms with van der Waals surface area (Å²) in [7, 11) is 0. The summed E-state index contributed by atoms with van der Waals surface area (Å²) in [5.41, 5.74) is -0.234. The minimum atomic E-state index is -1.33. The van der Waals surface area contributed by atoms with Crippen LogP contribution < -0.4 is 5.32 Å². The second-order valence-electron chi connectivity index (χ2n) is 7.15. The van der Waals surface area contributed by atoms with Gasteiger partial charge in [-0.3, -0.25) is 34.2 Å². The van der Waals surface area contributed by atoms with E-state index in [1.807, 2.05) is 0 Å². The Kier molecular flexibility index (Phi) is 12.8. The minimum absolute atomic E-state index is 0.0137. The summed E-state index contributed by atoms with van der Waals surface area (Å²) >= 11 is 0. The molecule has 15 nitrogen and oxygen atoms in total. The highest BCUT2D eigenvalue weighted by Crippen LogP contribution is 2.29. The van der Waals surface area contributed by atoms with Crippen molar-refractivity contribution in [2.75, 3.05) is 46.1 Å². The van der Waals surface area contributed by atoms with Crippen molar-refractivity contribution in [3.8, 4) is 0 Å². The lowest BCUT2D eigenvalue weighted by atomic mass is 10.0. The Morgan fingerprint density at radius 2 is 1.54 bits per heavy atom. The van der Waals surface area contributed by atoms with E-state index in [1.165, 1.54) is 24.3 Å². The Labute approximate surface area is 199 Å². The average molecular weight is 501 g/mol. The number of para-hydroxylation sites is 1. The maximum Gasteiger partial charge on any atom is 0.321 e. The molecular weight excluding hydrogens is 474 g/mol. The third kappa shape index (κ3) is 11.3. The number of nitro groups is 1. The van der Waals surface area contributed by atoms with Crippen LogP contribution in [-0.4, -0.2) is 106 Å². The lowest BCUT2D eigenvalue weighted by Gasteiger charge is -2.29. The third-order valence-corrected chi connectivity index (χ3v) is 4.57. The minimum Gasteiger partial charge on any atom is -0.481 e. The van der Waals surface area contributed by atoms with Gasteiger partial charge >= 0.3 is 23.9 Å². The first-order valence-electron chi connectivity index (χ1n) is 10.3. The lowest BCUT2D eigenvalue weighted by Crippen LogP contribution is -2.40. The number of aliphatic carboxylic acids is 4. The van der Waals surface area contributed by atoms with Gasteiger partial charge < -0.3 is 35.2 Å². The molecule has 2 unspecified atom stereocenters. The summed E-state index contributed by atoms with van der Waals surface area (Å²) in [6.45, 7) is -1.61. The third-order valence-electron chi connectivity index (χ3n) is 4.57. The molecule has 0 saturated heterocycles. The molecule has 0 aliphatic rings. The molecule has 0 aliphatic carbocycles. The smallest absolute Gasteiger partial charge is 0.321 e. The van der Waals surface area contributed by atoms with E-state index in [2.05, 4.69) is 5.32 Å². The highest BCUT2D eigenvalue weighted by atomic mass is 16.6. The van der Waals surface area contributed by atoms with Crippen LogP contribution in [0.25, 0.3) is 0 Å². The number of benzene rings is 1. The first-order valence-corrected chi connectivity index (χ1v) is 10.3. The standard InChI is InChI=1S/C20H27N3O12/c24-17(25)9-14(20(30)31)21-5-6-34-7-8-35-12-16(22(10-18(26)27)11-19(28)29)13-3-1-2-4-15(13)23(32)33/h1-4,14,16,21H,5-12H2,(H,24,25)(H,26,27)(H,28,29)(H,30,31). The second-order valence-corrected chi connectivity index (χ2v) is 7.15. The summed E-state index contributed by atoms with van der Waals surface area (Å²) in [6, 6.07) is 3.20. The fourth-order valence-electron chi connectivity index (χ4n) is 3.09. The van der Waals surface area contributed by atoms with E-state index in [0.29, 0.717) is 0 Å². The molecule has 1 aromatic carbocycles. The van der Waals surface area contributed by atoms with Crippen LogP contribution in [0, 0.1) is 10.1 Å². The zero-order chi connectivity index (χ0) is 26.4. The van der Waals surface area contributed by atoms with E-state index < -0.39 is 60.4 Å². The summed E-state index contributed by atoms with van der Waals surface area (Å²) in [5, 5.41) is 49.9. The van der Waals surface area contributed by atoms with Crippen molar-refractivity contribution in [2.45, 2.75) is 18.5 Å². The van der Waals surface area contributed by atoms with Gasteiger partial charge in [-0.2, -0.15) is 0 Å². The molecule has 0 amide bonds. The molecule has 0 spiro atoms. The second kappa shape index (κ2) is 15.3. The van der Waals surface area contributed by atoms with E-state index in [9.17, 15) is 39.5 Å². The number of nitrogens with zero attached hydrogens (tertiary/aromatic N) is 2. The van der Waals surface area contributed by atoms with E-state index in [1.54, 1.807) is 0 Å². The Bertz CT molecular complexity index is 878. The molecule has 0 heterocycles. The molecule has 5 N–H and O–H groups in total. The zero-order valence-corrected chi connectivity index (χ0v) is 18.6. The van der Waals surface area contributed by atoms with Crippen molar-refractivity contribution in [3.05, 3.63) is 39.9 Å². The van der Waals surface area contributed by atoms with Crippen molar-refractivity contribution in [3.63, 3.8) is 0 Å². The van der Waals surface area contributed by atoms with Crippen LogP contribution in [0.15, 0.2) is 24.3 Å². The Morgan fingerprint density at radius 3 is 2.09 bits per heavy atom. The van der Waals surface area contributed by atoms with Gasteiger partial charge in [-0.05, 0) is 0 Å². The maximum atomic E-state index is 11.4. The average Bonchev–Trinajstić information content (AvgIpc) is 2.75. The van der Waals surface area contributed by atoms with E-state index >= 15 is 0 Å². The van der Waals surface area contributed by atoms with Gasteiger partial charge in [0.15, 0.2) is 0 Å². The largest absolute Gasteiger partial charge is 0.481 e. The van der Waals surface area contributed by atoms with Gasteiger partial charge in [0.25, 0.3) is 5.69 Å². The summed E-state index contributed by atoms with van der Waals surface area (Å²) < 4.78 is 10.8. The van der Waals surface area contributed by atoms with Crippen molar-refractivity contribution >= 4 is 29.6 Å². The number of carboxylic acid groups (broad SMARTS) is 4. The molecule has 35 heavy (non-hydrogen) atoms.